The number of H-pyrrole nitrogens is 1. The molecule has 1 aromatic heterocycles. The first-order valence-corrected chi connectivity index (χ1v) is 7.79. The van der Waals surface area contributed by atoms with Crippen molar-refractivity contribution in [2.45, 2.75) is 25.9 Å². The van der Waals surface area contributed by atoms with E-state index in [9.17, 15) is 9.59 Å². The fraction of sp³-hybridized carbons (Fsp3) is 0.222. The van der Waals surface area contributed by atoms with Crippen molar-refractivity contribution in [3.8, 4) is 11.3 Å². The Labute approximate surface area is 132 Å². The molecular formula is C18H17N3O2. The van der Waals surface area contributed by atoms with Crippen molar-refractivity contribution in [3.05, 3.63) is 58.4 Å². The number of aromatic nitrogens is 2. The van der Waals surface area contributed by atoms with Crippen LogP contribution in [0.25, 0.3) is 22.0 Å². The van der Waals surface area contributed by atoms with Gasteiger partial charge < -0.3 is 5.32 Å². The smallest absolute Gasteiger partial charge is 0.264 e. The summed E-state index contributed by atoms with van der Waals surface area (Å²) in [7, 11) is 0. The van der Waals surface area contributed by atoms with Gasteiger partial charge in [0.2, 0.25) is 0 Å². The molecule has 0 saturated heterocycles. The molecule has 0 spiro atoms. The maximum atomic E-state index is 12.7. The number of nitrogens with zero attached hydrogens (tertiary/aromatic N) is 1. The molecule has 1 aliphatic heterocycles. The van der Waals surface area contributed by atoms with Crippen LogP contribution in [0, 0.1) is 0 Å². The van der Waals surface area contributed by atoms with Crippen molar-refractivity contribution >= 4 is 16.7 Å². The molecule has 0 bridgehead atoms. The summed E-state index contributed by atoms with van der Waals surface area (Å²) in [4.78, 5) is 24.5. The molecule has 2 N–H and O–H groups in total. The van der Waals surface area contributed by atoms with Gasteiger partial charge in [-0.25, -0.2) is 0 Å². The summed E-state index contributed by atoms with van der Waals surface area (Å²) in [6, 6.07) is 13.4. The number of aromatic amines is 1. The maximum absolute atomic E-state index is 12.7. The number of amides is 1. The first-order chi connectivity index (χ1) is 11.2. The largest absolute Gasteiger partial charge is 0.347 e. The summed E-state index contributed by atoms with van der Waals surface area (Å²) in [5.41, 5.74) is 2.01. The molecular weight excluding hydrogens is 290 g/mol. The topological polar surface area (TPSA) is 66.9 Å². The lowest BCUT2D eigenvalue weighted by atomic mass is 9.97. The Morgan fingerprint density at radius 3 is 2.48 bits per heavy atom. The van der Waals surface area contributed by atoms with Crippen molar-refractivity contribution < 1.29 is 4.79 Å². The van der Waals surface area contributed by atoms with Gasteiger partial charge in [0, 0.05) is 23.2 Å². The van der Waals surface area contributed by atoms with Crippen molar-refractivity contribution in [3.63, 3.8) is 0 Å². The van der Waals surface area contributed by atoms with E-state index in [0.717, 1.165) is 28.5 Å². The van der Waals surface area contributed by atoms with Crippen LogP contribution in [-0.4, -0.2) is 21.7 Å². The quantitative estimate of drug-likeness (QED) is 0.725. The van der Waals surface area contributed by atoms with Crippen LogP contribution in [0.1, 0.15) is 23.7 Å². The number of hydrogen-bond donors (Lipinski definition) is 2. The zero-order valence-electron chi connectivity index (χ0n) is 12.8. The van der Waals surface area contributed by atoms with E-state index in [1.165, 1.54) is 0 Å². The predicted molar refractivity (Wildman–Crippen MR) is 89.5 cm³/mol. The highest BCUT2D eigenvalue weighted by Gasteiger charge is 2.23. The Hall–Kier alpha value is -2.82. The van der Waals surface area contributed by atoms with E-state index in [-0.39, 0.29) is 17.5 Å². The minimum absolute atomic E-state index is 0.0103. The third-order valence-corrected chi connectivity index (χ3v) is 4.44. The molecule has 1 atom stereocenters. The number of carbonyl (C=O) groups is 1. The van der Waals surface area contributed by atoms with Gasteiger partial charge in [0.05, 0.1) is 12.2 Å². The van der Waals surface area contributed by atoms with Crippen LogP contribution < -0.4 is 10.9 Å². The van der Waals surface area contributed by atoms with E-state index in [1.807, 2.05) is 48.0 Å². The Morgan fingerprint density at radius 1 is 1.09 bits per heavy atom. The molecule has 1 amide bonds. The van der Waals surface area contributed by atoms with Crippen LogP contribution >= 0.6 is 0 Å². The number of benzene rings is 2. The predicted octanol–water partition coefficient (Wildman–Crippen LogP) is 2.52. The molecule has 5 nitrogen and oxygen atoms in total. The van der Waals surface area contributed by atoms with Crippen molar-refractivity contribution in [2.75, 3.05) is 0 Å². The van der Waals surface area contributed by atoms with Gasteiger partial charge in [-0.05, 0) is 29.3 Å². The van der Waals surface area contributed by atoms with Crippen LogP contribution in [0.4, 0.5) is 0 Å². The number of fused-ring (bicyclic) bond motifs is 4. The number of carbonyl (C=O) groups excluding carboxylic acids is 1. The van der Waals surface area contributed by atoms with Gasteiger partial charge >= 0.3 is 0 Å². The first-order valence-electron chi connectivity index (χ1n) is 7.79. The number of nitrogens with one attached hydrogen (secondary N) is 2. The molecule has 2 heterocycles. The Balaban J connectivity index is 2.04. The van der Waals surface area contributed by atoms with E-state index in [4.69, 9.17) is 0 Å². The highest BCUT2D eigenvalue weighted by atomic mass is 16.2. The second-order valence-electron chi connectivity index (χ2n) is 5.94. The maximum Gasteiger partial charge on any atom is 0.264 e. The van der Waals surface area contributed by atoms with Crippen LogP contribution in [0.2, 0.25) is 0 Å². The van der Waals surface area contributed by atoms with Gasteiger partial charge in [0.15, 0.2) is 0 Å². The van der Waals surface area contributed by atoms with E-state index >= 15 is 0 Å². The molecule has 0 aliphatic carbocycles. The Kier molecular flexibility index (Phi) is 3.08. The monoisotopic (exact) mass is 307 g/mol. The minimum atomic E-state index is -0.150. The summed E-state index contributed by atoms with van der Waals surface area (Å²) in [6.07, 6.45) is 0.800. The van der Waals surface area contributed by atoms with Crippen LogP contribution in [0.15, 0.2) is 47.3 Å². The lowest BCUT2D eigenvalue weighted by Crippen LogP contribution is -2.39. The van der Waals surface area contributed by atoms with Crippen LogP contribution in [0.5, 0.6) is 0 Å². The molecule has 0 fully saturated rings. The third-order valence-electron chi connectivity index (χ3n) is 4.44. The van der Waals surface area contributed by atoms with Gasteiger partial charge in [-0.2, -0.15) is 0 Å². The number of rotatable bonds is 1. The second-order valence-corrected chi connectivity index (χ2v) is 5.94. The lowest BCUT2D eigenvalue weighted by Gasteiger charge is -2.24. The molecule has 23 heavy (non-hydrogen) atoms. The molecule has 0 saturated carbocycles. The van der Waals surface area contributed by atoms with E-state index < -0.39 is 0 Å². The van der Waals surface area contributed by atoms with Gasteiger partial charge in [-0.1, -0.05) is 31.2 Å². The highest BCUT2D eigenvalue weighted by molar-refractivity contribution is 6.05. The first kappa shape index (κ1) is 13.8. The van der Waals surface area contributed by atoms with Crippen LogP contribution in [-0.2, 0) is 6.54 Å². The second kappa shape index (κ2) is 5.12. The summed E-state index contributed by atoms with van der Waals surface area (Å²) < 4.78 is 1.84. The molecule has 0 radical (unpaired) electrons. The summed E-state index contributed by atoms with van der Waals surface area (Å²) in [5.74, 6) is -0.0856. The van der Waals surface area contributed by atoms with Crippen molar-refractivity contribution in [1.82, 2.24) is 15.1 Å². The van der Waals surface area contributed by atoms with E-state index in [2.05, 4.69) is 10.4 Å². The van der Waals surface area contributed by atoms with Gasteiger partial charge in [0.25, 0.3) is 11.5 Å². The summed E-state index contributed by atoms with van der Waals surface area (Å²) >= 11 is 0. The standard InChI is InChI=1S/C18H17N3O2/c1-2-13-10-21-16(9-17(22)20-21)14-7-11-5-3-4-6-12(11)8-15(14)18(23)19-13/h3-9,13H,2,10H2,1H3,(H,19,23)(H,20,22)/t13-/m0/s1. The molecule has 0 unspecified atom stereocenters. The molecule has 116 valence electrons. The SMILES string of the molecule is CC[C@H]1Cn2[nH]c(=O)cc2-c2cc3ccccc3cc2C(=O)N1. The van der Waals surface area contributed by atoms with Gasteiger partial charge in [0.1, 0.15) is 0 Å². The fourth-order valence-corrected chi connectivity index (χ4v) is 3.20. The summed E-state index contributed by atoms with van der Waals surface area (Å²) in [5, 5.41) is 7.96. The average molecular weight is 307 g/mol. The van der Waals surface area contributed by atoms with Crippen molar-refractivity contribution in [1.29, 1.82) is 0 Å². The molecule has 4 rings (SSSR count). The van der Waals surface area contributed by atoms with Gasteiger partial charge in [-0.3, -0.25) is 19.4 Å². The highest BCUT2D eigenvalue weighted by Crippen LogP contribution is 2.29. The van der Waals surface area contributed by atoms with E-state index in [1.54, 1.807) is 6.07 Å². The third kappa shape index (κ3) is 2.25. The molecule has 1 aliphatic rings. The normalized spacial score (nSPS) is 17.1. The zero-order chi connectivity index (χ0) is 16.0. The zero-order valence-corrected chi connectivity index (χ0v) is 12.8. The molecule has 5 heteroatoms. The fourth-order valence-electron chi connectivity index (χ4n) is 3.20. The van der Waals surface area contributed by atoms with Crippen molar-refractivity contribution in [2.24, 2.45) is 0 Å². The lowest BCUT2D eigenvalue weighted by molar-refractivity contribution is 0.0930. The number of hydrogen-bond acceptors (Lipinski definition) is 2. The molecule has 2 aromatic carbocycles. The molecule has 3 aromatic rings. The Bertz CT molecular complexity index is 968. The Morgan fingerprint density at radius 2 is 1.78 bits per heavy atom. The van der Waals surface area contributed by atoms with E-state index in [0.29, 0.717) is 12.1 Å². The summed E-state index contributed by atoms with van der Waals surface area (Å²) in [6.45, 7) is 2.58. The van der Waals surface area contributed by atoms with Crippen LogP contribution in [0.3, 0.4) is 0 Å². The average Bonchev–Trinajstić information content (AvgIpc) is 2.91. The van der Waals surface area contributed by atoms with Gasteiger partial charge in [-0.15, -0.1) is 0 Å². The minimum Gasteiger partial charge on any atom is -0.347 e.